The zero-order valence-corrected chi connectivity index (χ0v) is 9.37. The third kappa shape index (κ3) is 2.34. The molecule has 1 aromatic rings. The van der Waals surface area contributed by atoms with E-state index < -0.39 is 23.2 Å². The van der Waals surface area contributed by atoms with Crippen LogP contribution in [0.25, 0.3) is 0 Å². The van der Waals surface area contributed by atoms with E-state index in [1.165, 1.54) is 13.1 Å². The first kappa shape index (κ1) is 11.7. The zero-order valence-electron chi connectivity index (χ0n) is 7.78. The molecule has 8 heteroatoms. The molecule has 1 rings (SSSR count). The Balaban J connectivity index is 3.27. The Hall–Kier alpha value is -1.41. The van der Waals surface area contributed by atoms with E-state index in [0.717, 1.165) is 4.57 Å². The van der Waals surface area contributed by atoms with Crippen molar-refractivity contribution in [2.24, 2.45) is 5.84 Å². The van der Waals surface area contributed by atoms with Crippen LogP contribution in [0.5, 0.6) is 0 Å². The number of carbonyl (C=O) groups excluding carboxylic acids is 1. The molecular weight excluding hydrogens is 268 g/mol. The number of nitrogens with one attached hydrogen (secondary N) is 2. The normalized spacial score (nSPS) is 12.2. The monoisotopic (exact) mass is 276 g/mol. The predicted octanol–water partition coefficient (Wildman–Crippen LogP) is -1.15. The average Bonchev–Trinajstić information content (AvgIpc) is 2.21. The second kappa shape index (κ2) is 4.41. The number of hydrogen-bond acceptors (Lipinski definition) is 4. The van der Waals surface area contributed by atoms with E-state index in [0.29, 0.717) is 0 Å². The van der Waals surface area contributed by atoms with E-state index in [1.807, 2.05) is 5.43 Å². The number of carbonyl (C=O) groups is 1. The van der Waals surface area contributed by atoms with Gasteiger partial charge in [0.15, 0.2) is 0 Å². The maximum atomic E-state index is 11.3. The third-order valence-corrected chi connectivity index (χ3v) is 2.43. The highest BCUT2D eigenvalue weighted by molar-refractivity contribution is 9.10. The first-order valence-corrected chi connectivity index (χ1v) is 4.78. The van der Waals surface area contributed by atoms with Crippen LogP contribution in [0.3, 0.4) is 0 Å². The van der Waals surface area contributed by atoms with Gasteiger partial charge in [0.2, 0.25) is 0 Å². The highest BCUT2D eigenvalue weighted by Crippen LogP contribution is 2.04. The highest BCUT2D eigenvalue weighted by atomic mass is 79.9. The molecule has 7 nitrogen and oxygen atoms in total. The predicted molar refractivity (Wildman–Crippen MR) is 56.1 cm³/mol. The number of halogens is 1. The molecule has 0 saturated heterocycles. The van der Waals surface area contributed by atoms with Gasteiger partial charge in [-0.2, -0.15) is 0 Å². The Labute approximate surface area is 92.4 Å². The second-order valence-corrected chi connectivity index (χ2v) is 3.68. The molecular formula is C7H9BrN4O3. The number of nitrogens with two attached hydrogens (primary N) is 1. The Bertz CT molecular complexity index is 492. The largest absolute Gasteiger partial charge is 0.329 e. The van der Waals surface area contributed by atoms with Gasteiger partial charge >= 0.3 is 5.69 Å². The summed E-state index contributed by atoms with van der Waals surface area (Å²) in [7, 11) is 0. The number of hydrogen-bond donors (Lipinski definition) is 3. The number of aromatic nitrogens is 2. The summed E-state index contributed by atoms with van der Waals surface area (Å²) < 4.78 is 1.23. The summed E-state index contributed by atoms with van der Waals surface area (Å²) >= 11 is 2.95. The lowest BCUT2D eigenvalue weighted by atomic mass is 10.3. The molecule has 1 unspecified atom stereocenters. The smallest absolute Gasteiger partial charge is 0.292 e. The van der Waals surface area contributed by atoms with Gasteiger partial charge in [0.1, 0.15) is 6.04 Å². The number of aromatic amines is 1. The third-order valence-electron chi connectivity index (χ3n) is 1.86. The minimum Gasteiger partial charge on any atom is -0.292 e. The molecule has 0 fully saturated rings. The molecule has 1 aromatic heterocycles. The summed E-state index contributed by atoms with van der Waals surface area (Å²) in [5.41, 5.74) is 0.706. The first-order valence-electron chi connectivity index (χ1n) is 3.98. The fraction of sp³-hybridized carbons (Fsp3) is 0.286. The molecule has 15 heavy (non-hydrogen) atoms. The number of nitrogens with zero attached hydrogens (tertiary/aromatic N) is 1. The average molecular weight is 277 g/mol. The van der Waals surface area contributed by atoms with E-state index in [1.54, 1.807) is 0 Å². The molecule has 0 aliphatic carbocycles. The summed E-state index contributed by atoms with van der Waals surface area (Å²) in [4.78, 5) is 35.5. The SMILES string of the molecule is CC(C(=O)NN)n1cc(Br)c(=O)[nH]c1=O. The Morgan fingerprint density at radius 1 is 1.67 bits per heavy atom. The van der Waals surface area contributed by atoms with Crippen molar-refractivity contribution in [3.05, 3.63) is 31.5 Å². The molecule has 0 radical (unpaired) electrons. The lowest BCUT2D eigenvalue weighted by Gasteiger charge is -2.12. The quantitative estimate of drug-likeness (QED) is 0.360. The molecule has 0 aliphatic rings. The number of rotatable bonds is 2. The van der Waals surface area contributed by atoms with Gasteiger partial charge in [-0.15, -0.1) is 0 Å². The van der Waals surface area contributed by atoms with Crippen LogP contribution in [0.4, 0.5) is 0 Å². The standard InChI is InChI=1S/C7H9BrN4O3/c1-3(5(13)11-9)12-2-4(8)6(14)10-7(12)15/h2-3H,9H2,1H3,(H,11,13)(H,10,14,15). The van der Waals surface area contributed by atoms with Gasteiger partial charge in [0, 0.05) is 6.20 Å². The van der Waals surface area contributed by atoms with Crippen LogP contribution in [0.2, 0.25) is 0 Å². The number of hydrazine groups is 1. The van der Waals surface area contributed by atoms with Crippen molar-refractivity contribution in [1.82, 2.24) is 15.0 Å². The lowest BCUT2D eigenvalue weighted by molar-refractivity contribution is -0.124. The molecule has 0 aromatic carbocycles. The van der Waals surface area contributed by atoms with E-state index in [-0.39, 0.29) is 4.47 Å². The molecule has 1 heterocycles. The molecule has 0 spiro atoms. The minimum absolute atomic E-state index is 0.166. The van der Waals surface area contributed by atoms with Gasteiger partial charge in [-0.3, -0.25) is 24.6 Å². The van der Waals surface area contributed by atoms with E-state index in [2.05, 4.69) is 20.9 Å². The summed E-state index contributed by atoms with van der Waals surface area (Å²) in [6.07, 6.45) is 1.24. The van der Waals surface area contributed by atoms with Crippen molar-refractivity contribution in [1.29, 1.82) is 0 Å². The molecule has 0 saturated carbocycles. The van der Waals surface area contributed by atoms with Gasteiger partial charge < -0.3 is 0 Å². The fourth-order valence-electron chi connectivity index (χ4n) is 0.995. The first-order chi connectivity index (χ1) is 6.97. The maximum Gasteiger partial charge on any atom is 0.329 e. The molecule has 0 bridgehead atoms. The zero-order chi connectivity index (χ0) is 11.6. The van der Waals surface area contributed by atoms with Gasteiger partial charge in [-0.1, -0.05) is 0 Å². The molecule has 4 N–H and O–H groups in total. The van der Waals surface area contributed by atoms with Gasteiger partial charge in [0.25, 0.3) is 11.5 Å². The van der Waals surface area contributed by atoms with Crippen molar-refractivity contribution >= 4 is 21.8 Å². The van der Waals surface area contributed by atoms with Gasteiger partial charge in [-0.05, 0) is 22.9 Å². The van der Waals surface area contributed by atoms with Crippen LogP contribution >= 0.6 is 15.9 Å². The van der Waals surface area contributed by atoms with Crippen molar-refractivity contribution in [3.8, 4) is 0 Å². The summed E-state index contributed by atoms with van der Waals surface area (Å²) in [5, 5.41) is 0. The molecule has 82 valence electrons. The van der Waals surface area contributed by atoms with Crippen LogP contribution in [0.1, 0.15) is 13.0 Å². The van der Waals surface area contributed by atoms with Crippen LogP contribution in [-0.2, 0) is 4.79 Å². The van der Waals surface area contributed by atoms with E-state index in [9.17, 15) is 14.4 Å². The van der Waals surface area contributed by atoms with Gasteiger partial charge in [-0.25, -0.2) is 10.6 Å². The van der Waals surface area contributed by atoms with Crippen LogP contribution < -0.4 is 22.5 Å². The summed E-state index contributed by atoms with van der Waals surface area (Å²) in [6, 6.07) is -0.796. The summed E-state index contributed by atoms with van der Waals surface area (Å²) in [5.74, 6) is 4.40. The molecule has 0 aliphatic heterocycles. The van der Waals surface area contributed by atoms with Crippen LogP contribution in [0.15, 0.2) is 20.3 Å². The fourth-order valence-corrected chi connectivity index (χ4v) is 1.32. The highest BCUT2D eigenvalue weighted by Gasteiger charge is 2.15. The Morgan fingerprint density at radius 3 is 2.80 bits per heavy atom. The van der Waals surface area contributed by atoms with Crippen LogP contribution in [0, 0.1) is 0 Å². The maximum absolute atomic E-state index is 11.3. The van der Waals surface area contributed by atoms with Crippen LogP contribution in [-0.4, -0.2) is 15.5 Å². The van der Waals surface area contributed by atoms with Crippen molar-refractivity contribution in [2.75, 3.05) is 0 Å². The lowest BCUT2D eigenvalue weighted by Crippen LogP contribution is -2.41. The molecule has 1 atom stereocenters. The Morgan fingerprint density at radius 2 is 2.27 bits per heavy atom. The Kier molecular flexibility index (Phi) is 3.43. The minimum atomic E-state index is -0.796. The van der Waals surface area contributed by atoms with Crippen molar-refractivity contribution in [2.45, 2.75) is 13.0 Å². The number of amides is 1. The summed E-state index contributed by atoms with van der Waals surface area (Å²) in [6.45, 7) is 1.48. The topological polar surface area (TPSA) is 110 Å². The van der Waals surface area contributed by atoms with Gasteiger partial charge in [0.05, 0.1) is 4.47 Å². The molecule has 1 amide bonds. The second-order valence-electron chi connectivity index (χ2n) is 2.83. The van der Waals surface area contributed by atoms with E-state index in [4.69, 9.17) is 5.84 Å². The van der Waals surface area contributed by atoms with E-state index >= 15 is 0 Å². The van der Waals surface area contributed by atoms with Crippen molar-refractivity contribution < 1.29 is 4.79 Å². The van der Waals surface area contributed by atoms with Crippen molar-refractivity contribution in [3.63, 3.8) is 0 Å². The number of H-pyrrole nitrogens is 1.